The van der Waals surface area contributed by atoms with Gasteiger partial charge in [-0.05, 0) is 23.8 Å². The lowest BCUT2D eigenvalue weighted by molar-refractivity contribution is -0.0849. The Bertz CT molecular complexity index is 1100. The summed E-state index contributed by atoms with van der Waals surface area (Å²) in [6, 6.07) is 5.48. The molecule has 4 rings (SSSR count). The predicted molar refractivity (Wildman–Crippen MR) is 98.9 cm³/mol. The molecule has 0 aliphatic carbocycles. The Morgan fingerprint density at radius 2 is 2.14 bits per heavy atom. The molecule has 1 aromatic carbocycles. The Morgan fingerprint density at radius 3 is 2.86 bits per heavy atom. The number of hydrogen-bond acceptors (Lipinski definition) is 7. The maximum absolute atomic E-state index is 13.7. The lowest BCUT2D eigenvalue weighted by Crippen LogP contribution is -2.34. The largest absolute Gasteiger partial charge is 0.397 e. The molecular formula is C18H18ClFN4O5. The van der Waals surface area contributed by atoms with Crippen LogP contribution in [0.4, 0.5) is 4.39 Å². The molecule has 4 N–H and O–H groups in total. The number of aliphatic hydroxyl groups excluding tert-OH is 3. The average molecular weight is 425 g/mol. The van der Waals surface area contributed by atoms with E-state index in [0.29, 0.717) is 16.5 Å². The molecule has 154 valence electrons. The quantitative estimate of drug-likeness (QED) is 0.462. The molecule has 0 amide bonds. The van der Waals surface area contributed by atoms with Gasteiger partial charge in [-0.1, -0.05) is 22.8 Å². The number of nitrogens with one attached hydrogen (secondary N) is 1. The summed E-state index contributed by atoms with van der Waals surface area (Å²) in [5.74, 6) is -0.708. The zero-order valence-corrected chi connectivity index (χ0v) is 15.9. The summed E-state index contributed by atoms with van der Waals surface area (Å²) >= 11 is 5.67. The number of aromatic nitrogens is 3. The van der Waals surface area contributed by atoms with Gasteiger partial charge in [0.1, 0.15) is 43.0 Å². The third-order valence-corrected chi connectivity index (χ3v) is 5.17. The van der Waals surface area contributed by atoms with Crippen molar-refractivity contribution >= 4 is 22.6 Å². The van der Waals surface area contributed by atoms with Gasteiger partial charge in [0.25, 0.3) is 0 Å². The van der Waals surface area contributed by atoms with Crippen molar-refractivity contribution in [3.05, 3.63) is 58.7 Å². The Hall–Kier alpha value is -2.50. The van der Waals surface area contributed by atoms with E-state index >= 15 is 0 Å². The van der Waals surface area contributed by atoms with Crippen molar-refractivity contribution in [2.24, 2.45) is 5.16 Å². The summed E-state index contributed by atoms with van der Waals surface area (Å²) in [5.41, 5.74) is 0.999. The fourth-order valence-electron chi connectivity index (χ4n) is 3.44. The molecule has 3 aromatic rings. The minimum absolute atomic E-state index is 0.0908. The van der Waals surface area contributed by atoms with Gasteiger partial charge >= 0.3 is 0 Å². The van der Waals surface area contributed by atoms with Crippen LogP contribution < -0.4 is 5.49 Å². The highest BCUT2D eigenvalue weighted by Crippen LogP contribution is 2.37. The third-order valence-electron chi connectivity index (χ3n) is 4.87. The minimum Gasteiger partial charge on any atom is -0.397 e. The maximum atomic E-state index is 13.7. The Kier molecular flexibility index (Phi) is 5.28. The van der Waals surface area contributed by atoms with Crippen molar-refractivity contribution in [3.63, 3.8) is 0 Å². The summed E-state index contributed by atoms with van der Waals surface area (Å²) in [5, 5.41) is 35.9. The second kappa shape index (κ2) is 7.73. The van der Waals surface area contributed by atoms with Crippen molar-refractivity contribution in [2.45, 2.75) is 30.6 Å². The molecular weight excluding hydrogens is 407 g/mol. The Morgan fingerprint density at radius 1 is 1.34 bits per heavy atom. The lowest BCUT2D eigenvalue weighted by atomic mass is 9.99. The second-order valence-corrected chi connectivity index (χ2v) is 6.98. The first-order valence-electron chi connectivity index (χ1n) is 8.68. The van der Waals surface area contributed by atoms with Gasteiger partial charge in [0.2, 0.25) is 5.49 Å². The first-order chi connectivity index (χ1) is 13.9. The van der Waals surface area contributed by atoms with Gasteiger partial charge in [0.15, 0.2) is 6.23 Å². The molecule has 1 unspecified atom stereocenters. The first-order valence-corrected chi connectivity index (χ1v) is 9.06. The van der Waals surface area contributed by atoms with Crippen molar-refractivity contribution in [2.75, 3.05) is 7.11 Å². The number of ether oxygens (including phenoxy) is 1. The summed E-state index contributed by atoms with van der Waals surface area (Å²) < 4.78 is 21.1. The van der Waals surface area contributed by atoms with Crippen LogP contribution in [0.25, 0.3) is 11.0 Å². The number of benzene rings is 1. The molecule has 9 nitrogen and oxygen atoms in total. The third kappa shape index (κ3) is 3.38. The van der Waals surface area contributed by atoms with E-state index in [4.69, 9.17) is 21.2 Å². The molecule has 0 radical (unpaired) electrons. The van der Waals surface area contributed by atoms with Crippen LogP contribution in [0.15, 0.2) is 41.9 Å². The SMILES string of the molecule is CON=c1nc[nH]c2c1ccn2[C@@H]1O[C@H](C(O)c2ccc(Cl)c(F)c2)[C@@H](O)[C@H]1O. The predicted octanol–water partition coefficient (Wildman–Crippen LogP) is 0.972. The molecule has 1 saturated heterocycles. The van der Waals surface area contributed by atoms with E-state index in [9.17, 15) is 19.7 Å². The molecule has 1 aliphatic rings. The molecule has 0 bridgehead atoms. The minimum atomic E-state index is -1.42. The van der Waals surface area contributed by atoms with Crippen LogP contribution in [0.3, 0.4) is 0 Å². The van der Waals surface area contributed by atoms with E-state index in [0.717, 1.165) is 6.07 Å². The number of fused-ring (bicyclic) bond motifs is 1. The number of aliphatic hydroxyl groups is 3. The Labute approximate surface area is 168 Å². The number of hydrogen-bond donors (Lipinski definition) is 4. The summed E-state index contributed by atoms with van der Waals surface area (Å²) in [7, 11) is 1.40. The van der Waals surface area contributed by atoms with Crippen LogP contribution in [0.1, 0.15) is 17.9 Å². The zero-order valence-electron chi connectivity index (χ0n) is 15.1. The van der Waals surface area contributed by atoms with Crippen molar-refractivity contribution in [1.82, 2.24) is 14.5 Å². The number of aromatic amines is 1. The normalized spacial score (nSPS) is 26.2. The van der Waals surface area contributed by atoms with E-state index in [1.165, 1.54) is 25.6 Å². The van der Waals surface area contributed by atoms with Crippen LogP contribution in [0.2, 0.25) is 5.02 Å². The zero-order chi connectivity index (χ0) is 20.7. The topological polar surface area (TPSA) is 125 Å². The number of rotatable bonds is 4. The summed E-state index contributed by atoms with van der Waals surface area (Å²) in [6.45, 7) is 0. The van der Waals surface area contributed by atoms with Crippen LogP contribution in [-0.4, -0.2) is 55.3 Å². The van der Waals surface area contributed by atoms with E-state index in [-0.39, 0.29) is 10.6 Å². The fourth-order valence-corrected chi connectivity index (χ4v) is 3.56. The first kappa shape index (κ1) is 19.8. The van der Waals surface area contributed by atoms with Crippen molar-refractivity contribution in [3.8, 4) is 0 Å². The molecule has 1 aliphatic heterocycles. The van der Waals surface area contributed by atoms with E-state index in [2.05, 4.69) is 15.1 Å². The molecule has 11 heteroatoms. The Balaban J connectivity index is 1.67. The van der Waals surface area contributed by atoms with Crippen molar-refractivity contribution in [1.29, 1.82) is 0 Å². The van der Waals surface area contributed by atoms with Crippen LogP contribution in [0.5, 0.6) is 0 Å². The molecule has 29 heavy (non-hydrogen) atoms. The fraction of sp³-hybridized carbons (Fsp3) is 0.333. The molecule has 2 aromatic heterocycles. The van der Waals surface area contributed by atoms with Gasteiger partial charge in [0, 0.05) is 6.20 Å². The lowest BCUT2D eigenvalue weighted by Gasteiger charge is -2.21. The van der Waals surface area contributed by atoms with Gasteiger partial charge in [-0.2, -0.15) is 0 Å². The number of halogens is 2. The molecule has 3 heterocycles. The van der Waals surface area contributed by atoms with Crippen LogP contribution >= 0.6 is 11.6 Å². The van der Waals surface area contributed by atoms with E-state index in [1.807, 2.05) is 0 Å². The highest BCUT2D eigenvalue weighted by Gasteiger charge is 2.47. The summed E-state index contributed by atoms with van der Waals surface area (Å²) in [4.78, 5) is 11.8. The average Bonchev–Trinajstić information content (AvgIpc) is 3.26. The van der Waals surface area contributed by atoms with E-state index < -0.39 is 36.5 Å². The molecule has 0 saturated carbocycles. The smallest absolute Gasteiger partial charge is 0.203 e. The number of H-pyrrole nitrogens is 1. The highest BCUT2D eigenvalue weighted by atomic mass is 35.5. The van der Waals surface area contributed by atoms with Crippen LogP contribution in [0, 0.1) is 5.82 Å². The standard InChI is InChI=1S/C18H18ClFN4O5/c1-28-23-16-9-4-5-24(17(9)22-7-21-16)18-14(27)13(26)15(29-18)12(25)8-2-3-10(19)11(20)6-8/h2-7,12-15,18,25-27H,1H3,(H,21,22,23)/t12?,13-,14+,15+,18+/m0/s1. The van der Waals surface area contributed by atoms with Gasteiger partial charge in [0.05, 0.1) is 16.7 Å². The van der Waals surface area contributed by atoms with Gasteiger partial charge in [-0.25, -0.2) is 9.37 Å². The molecule has 5 atom stereocenters. The van der Waals surface area contributed by atoms with E-state index in [1.54, 1.807) is 16.8 Å². The van der Waals surface area contributed by atoms with Gasteiger partial charge in [-0.15, -0.1) is 0 Å². The van der Waals surface area contributed by atoms with Crippen molar-refractivity contribution < 1.29 is 29.3 Å². The monoisotopic (exact) mass is 424 g/mol. The maximum Gasteiger partial charge on any atom is 0.203 e. The molecule has 0 spiro atoms. The number of nitrogens with zero attached hydrogens (tertiary/aromatic N) is 3. The highest BCUT2D eigenvalue weighted by molar-refractivity contribution is 6.30. The van der Waals surface area contributed by atoms with Gasteiger partial charge < -0.3 is 34.4 Å². The van der Waals surface area contributed by atoms with Crippen LogP contribution in [-0.2, 0) is 9.57 Å². The summed E-state index contributed by atoms with van der Waals surface area (Å²) in [6.07, 6.45) is -3.36. The van der Waals surface area contributed by atoms with Gasteiger partial charge in [-0.3, -0.25) is 0 Å². The molecule has 1 fully saturated rings. The second-order valence-electron chi connectivity index (χ2n) is 6.58.